The molecule has 0 bridgehead atoms. The minimum absolute atomic E-state index is 0.0377. The Morgan fingerprint density at radius 1 is 1.20 bits per heavy atom. The molecule has 0 heterocycles. The summed E-state index contributed by atoms with van der Waals surface area (Å²) in [5.41, 5.74) is 0. The number of carboxylic acid groups (broad SMARTS) is 1. The van der Waals surface area contributed by atoms with Gasteiger partial charge in [-0.15, -0.1) is 0 Å². The predicted molar refractivity (Wildman–Crippen MR) is 55.4 cm³/mol. The van der Waals surface area contributed by atoms with E-state index in [2.05, 4.69) is 0 Å². The van der Waals surface area contributed by atoms with Crippen LogP contribution in [0, 0.1) is 11.8 Å². The lowest BCUT2D eigenvalue weighted by atomic mass is 10.3. The summed E-state index contributed by atoms with van der Waals surface area (Å²) in [5, 5.41) is 8.69. The van der Waals surface area contributed by atoms with Crippen LogP contribution in [0.5, 0.6) is 0 Å². The van der Waals surface area contributed by atoms with Crippen molar-refractivity contribution in [1.82, 2.24) is 9.80 Å². The Balaban J connectivity index is 2.32. The number of likely N-dealkylation sites (N-methyl/N-ethyl adjacent to an activating group) is 2. The molecule has 1 saturated carbocycles. The summed E-state index contributed by atoms with van der Waals surface area (Å²) in [7, 11) is 5.61. The third-order valence-electron chi connectivity index (χ3n) is 2.68. The Hall–Kier alpha value is -1.10. The summed E-state index contributed by atoms with van der Waals surface area (Å²) in [6.07, 6.45) is 0.500. The lowest BCUT2D eigenvalue weighted by molar-refractivity contribution is -0.141. The minimum atomic E-state index is -0.852. The van der Waals surface area contributed by atoms with E-state index >= 15 is 0 Å². The fourth-order valence-corrected chi connectivity index (χ4v) is 1.48. The quantitative estimate of drug-likeness (QED) is 0.684. The van der Waals surface area contributed by atoms with Crippen LogP contribution in [0.4, 0.5) is 0 Å². The maximum absolute atomic E-state index is 11.7. The Kier molecular flexibility index (Phi) is 3.68. The lowest BCUT2D eigenvalue weighted by Crippen LogP contribution is -2.35. The van der Waals surface area contributed by atoms with Crippen molar-refractivity contribution < 1.29 is 14.7 Å². The number of carbonyl (C=O) groups excluding carboxylic acids is 1. The first kappa shape index (κ1) is 12.0. The van der Waals surface area contributed by atoms with Crippen molar-refractivity contribution in [2.75, 3.05) is 34.2 Å². The molecule has 5 nitrogen and oxygen atoms in total. The molecule has 0 saturated heterocycles. The molecule has 1 aliphatic carbocycles. The summed E-state index contributed by atoms with van der Waals surface area (Å²) in [4.78, 5) is 25.9. The molecule has 0 aromatic heterocycles. The van der Waals surface area contributed by atoms with Crippen molar-refractivity contribution in [1.29, 1.82) is 0 Å². The second-order valence-electron chi connectivity index (χ2n) is 4.35. The van der Waals surface area contributed by atoms with E-state index in [0.29, 0.717) is 13.0 Å². The SMILES string of the molecule is CN(C)CCN(C)C(=O)[C@@H]1C[C@@H]1C(=O)O. The number of aliphatic carboxylic acids is 1. The van der Waals surface area contributed by atoms with E-state index in [-0.39, 0.29) is 11.8 Å². The molecule has 0 radical (unpaired) electrons. The van der Waals surface area contributed by atoms with Crippen LogP contribution in [0.25, 0.3) is 0 Å². The Bertz CT molecular complexity index is 265. The molecule has 1 rings (SSSR count). The third kappa shape index (κ3) is 3.20. The van der Waals surface area contributed by atoms with Gasteiger partial charge < -0.3 is 14.9 Å². The minimum Gasteiger partial charge on any atom is -0.481 e. The molecule has 0 aromatic carbocycles. The summed E-state index contributed by atoms with van der Waals surface area (Å²) >= 11 is 0. The maximum Gasteiger partial charge on any atom is 0.307 e. The van der Waals surface area contributed by atoms with Crippen molar-refractivity contribution in [2.24, 2.45) is 11.8 Å². The molecule has 0 unspecified atom stereocenters. The van der Waals surface area contributed by atoms with Crippen LogP contribution in [-0.4, -0.2) is 61.0 Å². The zero-order valence-electron chi connectivity index (χ0n) is 9.43. The van der Waals surface area contributed by atoms with Gasteiger partial charge in [0.25, 0.3) is 0 Å². The molecule has 1 amide bonds. The zero-order valence-corrected chi connectivity index (χ0v) is 9.43. The molecule has 0 spiro atoms. The highest BCUT2D eigenvalue weighted by Crippen LogP contribution is 2.39. The van der Waals surface area contributed by atoms with Crippen molar-refractivity contribution in [2.45, 2.75) is 6.42 Å². The Morgan fingerprint density at radius 2 is 1.80 bits per heavy atom. The number of hydrogen-bond donors (Lipinski definition) is 1. The zero-order chi connectivity index (χ0) is 11.6. The summed E-state index contributed by atoms with van der Waals surface area (Å²) < 4.78 is 0. The van der Waals surface area contributed by atoms with Crippen molar-refractivity contribution in [3.05, 3.63) is 0 Å². The number of nitrogens with zero attached hydrogens (tertiary/aromatic N) is 2. The number of amides is 1. The monoisotopic (exact) mass is 214 g/mol. The average molecular weight is 214 g/mol. The average Bonchev–Trinajstić information content (AvgIpc) is 2.92. The van der Waals surface area contributed by atoms with Gasteiger partial charge in [-0.05, 0) is 20.5 Å². The summed E-state index contributed by atoms with van der Waals surface area (Å²) in [6.45, 7) is 1.45. The van der Waals surface area contributed by atoms with Gasteiger partial charge in [-0.2, -0.15) is 0 Å². The number of carboxylic acids is 1. The van der Waals surface area contributed by atoms with E-state index in [9.17, 15) is 9.59 Å². The first-order chi connectivity index (χ1) is 6.93. The van der Waals surface area contributed by atoms with E-state index in [1.54, 1.807) is 11.9 Å². The number of hydrogen-bond acceptors (Lipinski definition) is 3. The van der Waals surface area contributed by atoms with Gasteiger partial charge in [-0.3, -0.25) is 9.59 Å². The number of carbonyl (C=O) groups is 2. The van der Waals surface area contributed by atoms with Gasteiger partial charge in [0, 0.05) is 20.1 Å². The van der Waals surface area contributed by atoms with E-state index < -0.39 is 11.9 Å². The van der Waals surface area contributed by atoms with Crippen molar-refractivity contribution in [3.63, 3.8) is 0 Å². The Morgan fingerprint density at radius 3 is 2.20 bits per heavy atom. The third-order valence-corrected chi connectivity index (χ3v) is 2.68. The van der Waals surface area contributed by atoms with Gasteiger partial charge >= 0.3 is 5.97 Å². The highest BCUT2D eigenvalue weighted by atomic mass is 16.4. The normalized spacial score (nSPS) is 24.0. The smallest absolute Gasteiger partial charge is 0.307 e. The van der Waals surface area contributed by atoms with Crippen molar-refractivity contribution in [3.8, 4) is 0 Å². The first-order valence-corrected chi connectivity index (χ1v) is 5.06. The summed E-state index contributed by atoms with van der Waals surface area (Å²) in [6, 6.07) is 0. The van der Waals surface area contributed by atoms with Gasteiger partial charge in [0.05, 0.1) is 11.8 Å². The van der Waals surface area contributed by atoms with Crippen LogP contribution in [-0.2, 0) is 9.59 Å². The van der Waals surface area contributed by atoms with Gasteiger partial charge in [0.1, 0.15) is 0 Å². The molecule has 15 heavy (non-hydrogen) atoms. The fraction of sp³-hybridized carbons (Fsp3) is 0.800. The van der Waals surface area contributed by atoms with E-state index in [1.807, 2.05) is 19.0 Å². The largest absolute Gasteiger partial charge is 0.481 e. The molecular formula is C10H18N2O3. The van der Waals surface area contributed by atoms with Crippen LogP contribution in [0.2, 0.25) is 0 Å². The van der Waals surface area contributed by atoms with E-state index in [1.165, 1.54) is 0 Å². The molecular weight excluding hydrogens is 196 g/mol. The molecule has 0 aromatic rings. The molecule has 1 aliphatic rings. The van der Waals surface area contributed by atoms with Gasteiger partial charge in [0.15, 0.2) is 0 Å². The molecule has 86 valence electrons. The second-order valence-corrected chi connectivity index (χ2v) is 4.35. The molecule has 1 N–H and O–H groups in total. The van der Waals surface area contributed by atoms with Gasteiger partial charge in [-0.1, -0.05) is 0 Å². The van der Waals surface area contributed by atoms with Crippen LogP contribution >= 0.6 is 0 Å². The van der Waals surface area contributed by atoms with Gasteiger partial charge in [0.2, 0.25) is 5.91 Å². The first-order valence-electron chi connectivity index (χ1n) is 5.06. The fourth-order valence-electron chi connectivity index (χ4n) is 1.48. The van der Waals surface area contributed by atoms with Crippen LogP contribution in [0.15, 0.2) is 0 Å². The van der Waals surface area contributed by atoms with Crippen LogP contribution in [0.1, 0.15) is 6.42 Å². The molecule has 5 heteroatoms. The van der Waals surface area contributed by atoms with E-state index in [4.69, 9.17) is 5.11 Å². The van der Waals surface area contributed by atoms with Crippen molar-refractivity contribution >= 4 is 11.9 Å². The number of rotatable bonds is 5. The maximum atomic E-state index is 11.7. The van der Waals surface area contributed by atoms with E-state index in [0.717, 1.165) is 6.54 Å². The standard InChI is InChI=1S/C10H18N2O3/c1-11(2)4-5-12(3)9(13)7-6-8(7)10(14)15/h7-8H,4-6H2,1-3H3,(H,14,15)/t7-,8+/m1/s1. The highest BCUT2D eigenvalue weighted by Gasteiger charge is 2.49. The molecule has 0 aliphatic heterocycles. The highest BCUT2D eigenvalue weighted by molar-refractivity contribution is 5.89. The van der Waals surface area contributed by atoms with Crippen LogP contribution < -0.4 is 0 Å². The molecule has 1 fully saturated rings. The van der Waals surface area contributed by atoms with Gasteiger partial charge in [-0.25, -0.2) is 0 Å². The molecule has 2 atom stereocenters. The topological polar surface area (TPSA) is 60.9 Å². The Labute approximate surface area is 89.7 Å². The van der Waals surface area contributed by atoms with Crippen LogP contribution in [0.3, 0.4) is 0 Å². The second kappa shape index (κ2) is 4.61. The summed E-state index contributed by atoms with van der Waals surface area (Å²) in [5.74, 6) is -1.62. The lowest BCUT2D eigenvalue weighted by Gasteiger charge is -2.19. The predicted octanol–water partition coefficient (Wildman–Crippen LogP) is -0.273.